The first-order chi connectivity index (χ1) is 10.8. The van der Waals surface area contributed by atoms with Crippen molar-refractivity contribution in [1.29, 1.82) is 0 Å². The third kappa shape index (κ3) is 5.35. The molecule has 0 aliphatic carbocycles. The summed E-state index contributed by atoms with van der Waals surface area (Å²) < 4.78 is 0. The number of rotatable bonds is 9. The van der Waals surface area contributed by atoms with E-state index in [0.29, 0.717) is 0 Å². The third-order valence-electron chi connectivity index (χ3n) is 3.50. The minimum absolute atomic E-state index is 0.128. The van der Waals surface area contributed by atoms with E-state index in [-0.39, 0.29) is 25.8 Å². The number of carbonyl (C=O) groups is 3. The van der Waals surface area contributed by atoms with Crippen LogP contribution >= 0.6 is 0 Å². The molecule has 2 amide bonds. The summed E-state index contributed by atoms with van der Waals surface area (Å²) in [6.45, 7) is 0.128. The largest absolute Gasteiger partial charge is 0.480 e. The predicted octanol–water partition coefficient (Wildman–Crippen LogP) is -0.644. The molecule has 0 aliphatic rings. The minimum Gasteiger partial charge on any atom is -0.480 e. The van der Waals surface area contributed by atoms with Crippen molar-refractivity contribution in [3.8, 4) is 0 Å². The lowest BCUT2D eigenvalue weighted by Crippen LogP contribution is -2.60. The summed E-state index contributed by atoms with van der Waals surface area (Å²) in [4.78, 5) is 34.4. The quantitative estimate of drug-likeness (QED) is 0.300. The van der Waals surface area contributed by atoms with Gasteiger partial charge < -0.3 is 27.6 Å². The first-order valence-corrected chi connectivity index (χ1v) is 7.16. The molecule has 8 N–H and O–H groups in total. The fourth-order valence-corrected chi connectivity index (χ4v) is 2.21. The highest BCUT2D eigenvalue weighted by Gasteiger charge is 2.43. The summed E-state index contributed by atoms with van der Waals surface area (Å²) in [5.41, 5.74) is 15.3. The number of urea groups is 1. The van der Waals surface area contributed by atoms with E-state index in [2.05, 4.69) is 5.32 Å². The number of nitrogens with two attached hydrogens (primary N) is 3. The lowest BCUT2D eigenvalue weighted by atomic mass is 9.84. The van der Waals surface area contributed by atoms with Crippen molar-refractivity contribution in [3.05, 3.63) is 35.9 Å². The Morgan fingerprint density at radius 1 is 1.22 bits per heavy atom. The van der Waals surface area contributed by atoms with Gasteiger partial charge in [-0.2, -0.15) is 0 Å². The zero-order valence-electron chi connectivity index (χ0n) is 12.7. The van der Waals surface area contributed by atoms with Crippen LogP contribution in [0.15, 0.2) is 30.3 Å². The Kier molecular flexibility index (Phi) is 6.67. The molecule has 2 atom stereocenters. The van der Waals surface area contributed by atoms with Crippen molar-refractivity contribution in [2.45, 2.75) is 30.8 Å². The van der Waals surface area contributed by atoms with Gasteiger partial charge in [-0.25, -0.2) is 9.59 Å². The second-order valence-corrected chi connectivity index (χ2v) is 5.33. The van der Waals surface area contributed by atoms with E-state index < -0.39 is 29.4 Å². The predicted molar refractivity (Wildman–Crippen MR) is 84.5 cm³/mol. The highest BCUT2D eigenvalue weighted by Crippen LogP contribution is 2.15. The molecule has 0 bridgehead atoms. The number of hydrogen-bond acceptors (Lipinski definition) is 5. The fourth-order valence-electron chi connectivity index (χ4n) is 2.21. The minimum atomic E-state index is -2.09. The molecule has 1 rings (SSSR count). The fraction of sp³-hybridized carbons (Fsp3) is 0.400. The van der Waals surface area contributed by atoms with Crippen LogP contribution in [-0.4, -0.2) is 41.0 Å². The third-order valence-corrected chi connectivity index (χ3v) is 3.50. The van der Waals surface area contributed by atoms with Gasteiger partial charge in [0.15, 0.2) is 11.3 Å². The smallest absolute Gasteiger partial charge is 0.331 e. The number of carboxylic acid groups (broad SMARTS) is 1. The van der Waals surface area contributed by atoms with Crippen LogP contribution in [0.1, 0.15) is 18.4 Å². The molecule has 126 valence electrons. The maximum absolute atomic E-state index is 12.4. The van der Waals surface area contributed by atoms with Crippen molar-refractivity contribution < 1.29 is 19.5 Å². The number of nitrogens with one attached hydrogen (secondary N) is 1. The number of hydrogen-bond donors (Lipinski definition) is 5. The van der Waals surface area contributed by atoms with Gasteiger partial charge in [0.05, 0.1) is 6.04 Å². The van der Waals surface area contributed by atoms with Crippen LogP contribution in [0.5, 0.6) is 0 Å². The Hall–Kier alpha value is -2.45. The molecule has 1 unspecified atom stereocenters. The molecule has 0 aromatic heterocycles. The van der Waals surface area contributed by atoms with E-state index in [0.717, 1.165) is 5.56 Å². The van der Waals surface area contributed by atoms with Crippen molar-refractivity contribution >= 4 is 17.8 Å². The summed E-state index contributed by atoms with van der Waals surface area (Å²) in [5.74, 6) is -2.18. The average Bonchev–Trinajstić information content (AvgIpc) is 2.51. The van der Waals surface area contributed by atoms with Gasteiger partial charge in [-0.1, -0.05) is 30.3 Å². The Labute approximate surface area is 134 Å². The summed E-state index contributed by atoms with van der Waals surface area (Å²) in [6, 6.07) is 7.26. The van der Waals surface area contributed by atoms with Crippen LogP contribution in [0.25, 0.3) is 0 Å². The lowest BCUT2D eigenvalue weighted by Gasteiger charge is -2.26. The van der Waals surface area contributed by atoms with Crippen LogP contribution in [0, 0.1) is 0 Å². The van der Waals surface area contributed by atoms with E-state index in [9.17, 15) is 19.5 Å². The van der Waals surface area contributed by atoms with Crippen molar-refractivity contribution in [3.63, 3.8) is 0 Å². The highest BCUT2D eigenvalue weighted by molar-refractivity contribution is 6.09. The molecule has 0 heterocycles. The average molecular weight is 322 g/mol. The monoisotopic (exact) mass is 322 g/mol. The Balaban J connectivity index is 2.72. The molecule has 0 radical (unpaired) electrons. The summed E-state index contributed by atoms with van der Waals surface area (Å²) in [6.07, 6.45) is 0.241. The number of aliphatic carboxylic acids is 1. The first-order valence-electron chi connectivity index (χ1n) is 7.16. The van der Waals surface area contributed by atoms with Crippen LogP contribution < -0.4 is 22.5 Å². The van der Waals surface area contributed by atoms with Gasteiger partial charge in [0.25, 0.3) is 0 Å². The zero-order valence-corrected chi connectivity index (χ0v) is 12.7. The molecule has 8 nitrogen and oxygen atoms in total. The molecule has 8 heteroatoms. The van der Waals surface area contributed by atoms with Gasteiger partial charge in [0.2, 0.25) is 0 Å². The van der Waals surface area contributed by atoms with Gasteiger partial charge in [-0.05, 0) is 24.8 Å². The van der Waals surface area contributed by atoms with E-state index in [1.54, 1.807) is 24.3 Å². The van der Waals surface area contributed by atoms with E-state index in [1.807, 2.05) is 6.07 Å². The van der Waals surface area contributed by atoms with Crippen LogP contribution in [0.3, 0.4) is 0 Å². The molecule has 0 saturated carbocycles. The van der Waals surface area contributed by atoms with Gasteiger partial charge in [0, 0.05) is 6.54 Å². The molecule has 0 spiro atoms. The topological polar surface area (TPSA) is 162 Å². The summed E-state index contributed by atoms with van der Waals surface area (Å²) in [5, 5.41) is 11.6. The Morgan fingerprint density at radius 3 is 2.35 bits per heavy atom. The second-order valence-electron chi connectivity index (χ2n) is 5.33. The summed E-state index contributed by atoms with van der Waals surface area (Å²) >= 11 is 0. The second kappa shape index (κ2) is 8.25. The SMILES string of the molecule is NC(=O)NCCC[C@@](N)(C(=O)O)C(=O)C(N)Cc1ccccc1. The molecular weight excluding hydrogens is 300 g/mol. The van der Waals surface area contributed by atoms with E-state index in [1.165, 1.54) is 0 Å². The molecule has 0 fully saturated rings. The van der Waals surface area contributed by atoms with Gasteiger partial charge in [-0.3, -0.25) is 4.79 Å². The number of ketones is 1. The number of Topliss-reactive ketones (excluding diaryl/α,β-unsaturated/α-hetero) is 1. The number of carbonyl (C=O) groups excluding carboxylic acids is 2. The van der Waals surface area contributed by atoms with Gasteiger partial charge in [0.1, 0.15) is 0 Å². The Bertz CT molecular complexity index is 564. The van der Waals surface area contributed by atoms with Gasteiger partial charge >= 0.3 is 12.0 Å². The van der Waals surface area contributed by atoms with Crippen molar-refractivity contribution in [2.24, 2.45) is 17.2 Å². The number of primary amides is 1. The molecule has 1 aromatic carbocycles. The summed E-state index contributed by atoms with van der Waals surface area (Å²) in [7, 11) is 0. The molecule has 23 heavy (non-hydrogen) atoms. The molecular formula is C15H22N4O4. The lowest BCUT2D eigenvalue weighted by molar-refractivity contribution is -0.149. The van der Waals surface area contributed by atoms with Gasteiger partial charge in [-0.15, -0.1) is 0 Å². The highest BCUT2D eigenvalue weighted by atomic mass is 16.4. The van der Waals surface area contributed by atoms with E-state index >= 15 is 0 Å². The molecule has 0 saturated heterocycles. The van der Waals surface area contributed by atoms with Crippen molar-refractivity contribution in [1.82, 2.24) is 5.32 Å². The maximum atomic E-state index is 12.4. The molecule has 0 aliphatic heterocycles. The maximum Gasteiger partial charge on any atom is 0.331 e. The zero-order chi connectivity index (χ0) is 17.5. The number of carboxylic acids is 1. The standard InChI is InChI=1S/C15H22N4O4/c16-11(9-10-5-2-1-3-6-10)12(20)15(18,13(21)22)7-4-8-19-14(17)23/h1-3,5-6,11H,4,7-9,16,18H2,(H,21,22)(H3,17,19,23)/t11?,15-/m0/s1. The first kappa shape index (κ1) is 18.6. The van der Waals surface area contributed by atoms with Crippen LogP contribution in [0.4, 0.5) is 4.79 Å². The normalized spacial score (nSPS) is 14.5. The number of benzene rings is 1. The van der Waals surface area contributed by atoms with E-state index in [4.69, 9.17) is 17.2 Å². The van der Waals surface area contributed by atoms with Crippen LogP contribution in [0.2, 0.25) is 0 Å². The van der Waals surface area contributed by atoms with Crippen molar-refractivity contribution in [2.75, 3.05) is 6.54 Å². The molecule has 1 aromatic rings. The Morgan fingerprint density at radius 2 is 1.83 bits per heavy atom. The van der Waals surface area contributed by atoms with Crippen LogP contribution in [-0.2, 0) is 16.0 Å². The number of amides is 2.